The van der Waals surface area contributed by atoms with Crippen molar-refractivity contribution in [3.8, 4) is 0 Å². The summed E-state index contributed by atoms with van der Waals surface area (Å²) >= 11 is 0. The molecule has 0 aromatic carbocycles. The second-order valence-electron chi connectivity index (χ2n) is 5.50. The van der Waals surface area contributed by atoms with E-state index < -0.39 is 5.97 Å². The highest BCUT2D eigenvalue weighted by Crippen LogP contribution is 2.46. The molecule has 2 rings (SSSR count). The van der Waals surface area contributed by atoms with Crippen LogP contribution in [0.3, 0.4) is 0 Å². The number of carboxylic acid groups (broad SMARTS) is 1. The molecule has 0 aromatic rings. The highest BCUT2D eigenvalue weighted by Gasteiger charge is 2.44. The maximum absolute atomic E-state index is 12.0. The molecule has 2 aliphatic rings. The molecule has 18 heavy (non-hydrogen) atoms. The summed E-state index contributed by atoms with van der Waals surface area (Å²) in [6.45, 7) is 0.250. The van der Waals surface area contributed by atoms with E-state index >= 15 is 0 Å². The third-order valence-electron chi connectivity index (χ3n) is 4.09. The van der Waals surface area contributed by atoms with Crippen molar-refractivity contribution in [2.45, 2.75) is 51.4 Å². The van der Waals surface area contributed by atoms with Crippen LogP contribution < -0.4 is 0 Å². The Labute approximate surface area is 106 Å². The molecule has 0 unspecified atom stereocenters. The molecule has 0 aromatic heterocycles. The molecule has 1 aliphatic carbocycles. The number of carboxylic acids is 1. The fourth-order valence-corrected chi connectivity index (χ4v) is 3.15. The number of carbonyl (C=O) groups is 3. The van der Waals surface area contributed by atoms with Gasteiger partial charge in [0.25, 0.3) is 0 Å². The van der Waals surface area contributed by atoms with Crippen LogP contribution in [-0.2, 0) is 14.4 Å². The number of piperidine rings is 1. The van der Waals surface area contributed by atoms with Crippen molar-refractivity contribution < 1.29 is 19.5 Å². The number of rotatable bonds is 4. The van der Waals surface area contributed by atoms with Crippen LogP contribution in [0.1, 0.15) is 51.4 Å². The van der Waals surface area contributed by atoms with Crippen molar-refractivity contribution >= 4 is 17.8 Å². The van der Waals surface area contributed by atoms with E-state index in [1.807, 2.05) is 0 Å². The zero-order valence-corrected chi connectivity index (χ0v) is 10.5. The van der Waals surface area contributed by atoms with E-state index in [2.05, 4.69) is 0 Å². The maximum Gasteiger partial charge on any atom is 0.303 e. The van der Waals surface area contributed by atoms with Crippen LogP contribution in [0.15, 0.2) is 0 Å². The molecule has 0 atom stereocenters. The minimum atomic E-state index is -0.890. The van der Waals surface area contributed by atoms with Gasteiger partial charge in [-0.1, -0.05) is 12.8 Å². The van der Waals surface area contributed by atoms with E-state index in [-0.39, 0.29) is 30.2 Å². The van der Waals surface area contributed by atoms with Crippen LogP contribution in [0.4, 0.5) is 0 Å². The topological polar surface area (TPSA) is 74.7 Å². The van der Waals surface area contributed by atoms with E-state index in [1.54, 1.807) is 0 Å². The smallest absolute Gasteiger partial charge is 0.303 e. The van der Waals surface area contributed by atoms with E-state index in [0.717, 1.165) is 25.7 Å². The van der Waals surface area contributed by atoms with Crippen LogP contribution in [0, 0.1) is 5.41 Å². The van der Waals surface area contributed by atoms with Crippen LogP contribution in [0.25, 0.3) is 0 Å². The molecule has 0 bridgehead atoms. The molecule has 0 radical (unpaired) electrons. The second kappa shape index (κ2) is 5.08. The van der Waals surface area contributed by atoms with Crippen LogP contribution in [-0.4, -0.2) is 34.3 Å². The van der Waals surface area contributed by atoms with Crippen molar-refractivity contribution in [2.24, 2.45) is 5.41 Å². The maximum atomic E-state index is 12.0. The second-order valence-corrected chi connectivity index (χ2v) is 5.50. The molecule has 1 aliphatic heterocycles. The molecular formula is C13H19NO4. The van der Waals surface area contributed by atoms with Gasteiger partial charge in [-0.15, -0.1) is 0 Å². The summed E-state index contributed by atoms with van der Waals surface area (Å²) in [4.78, 5) is 35.7. The molecule has 1 heterocycles. The minimum Gasteiger partial charge on any atom is -0.481 e. The Morgan fingerprint density at radius 3 is 2.22 bits per heavy atom. The van der Waals surface area contributed by atoms with E-state index in [0.29, 0.717) is 19.3 Å². The Morgan fingerprint density at radius 2 is 1.72 bits per heavy atom. The number of hydrogen-bond acceptors (Lipinski definition) is 3. The predicted molar refractivity (Wildman–Crippen MR) is 63.7 cm³/mol. The van der Waals surface area contributed by atoms with Gasteiger partial charge in [-0.2, -0.15) is 0 Å². The molecular weight excluding hydrogens is 234 g/mol. The molecule has 5 nitrogen and oxygen atoms in total. The largest absolute Gasteiger partial charge is 0.481 e. The van der Waals surface area contributed by atoms with Gasteiger partial charge in [-0.05, 0) is 24.7 Å². The highest BCUT2D eigenvalue weighted by molar-refractivity contribution is 5.98. The summed E-state index contributed by atoms with van der Waals surface area (Å²) in [6, 6.07) is 0. The SMILES string of the molecule is O=C(O)CCCN1C(=O)CC2(CCCC2)CC1=O. The third kappa shape index (κ3) is 2.71. The number of imide groups is 1. The molecule has 1 saturated heterocycles. The van der Waals surface area contributed by atoms with Gasteiger partial charge in [-0.25, -0.2) is 0 Å². The first-order valence-electron chi connectivity index (χ1n) is 6.57. The lowest BCUT2D eigenvalue weighted by atomic mass is 9.76. The summed E-state index contributed by atoms with van der Waals surface area (Å²) in [5.74, 6) is -1.11. The lowest BCUT2D eigenvalue weighted by Crippen LogP contribution is -2.47. The number of carbonyl (C=O) groups excluding carboxylic acids is 2. The van der Waals surface area contributed by atoms with Gasteiger partial charge >= 0.3 is 5.97 Å². The van der Waals surface area contributed by atoms with Crippen molar-refractivity contribution in [2.75, 3.05) is 6.54 Å². The summed E-state index contributed by atoms with van der Waals surface area (Å²) < 4.78 is 0. The van der Waals surface area contributed by atoms with Crippen molar-refractivity contribution in [1.82, 2.24) is 4.90 Å². The Balaban J connectivity index is 1.92. The molecule has 2 amide bonds. The van der Waals surface area contributed by atoms with Crippen molar-refractivity contribution in [1.29, 1.82) is 0 Å². The van der Waals surface area contributed by atoms with Crippen molar-refractivity contribution in [3.05, 3.63) is 0 Å². The zero-order chi connectivity index (χ0) is 13.2. The average Bonchev–Trinajstić information content (AvgIpc) is 2.70. The summed E-state index contributed by atoms with van der Waals surface area (Å²) in [7, 11) is 0. The lowest BCUT2D eigenvalue weighted by molar-refractivity contribution is -0.154. The third-order valence-corrected chi connectivity index (χ3v) is 4.09. The number of nitrogens with zero attached hydrogens (tertiary/aromatic N) is 1. The fraction of sp³-hybridized carbons (Fsp3) is 0.769. The summed E-state index contributed by atoms with van der Waals surface area (Å²) in [5, 5.41) is 8.55. The molecule has 1 spiro atoms. The van der Waals surface area contributed by atoms with Gasteiger partial charge in [0, 0.05) is 25.8 Å². The van der Waals surface area contributed by atoms with E-state index in [9.17, 15) is 14.4 Å². The Bertz CT molecular complexity index is 351. The number of likely N-dealkylation sites (tertiary alicyclic amines) is 1. The molecule has 2 fully saturated rings. The Kier molecular flexibility index (Phi) is 3.68. The normalized spacial score (nSPS) is 22.8. The summed E-state index contributed by atoms with van der Waals surface area (Å²) in [6.07, 6.45) is 5.46. The molecule has 1 saturated carbocycles. The minimum absolute atomic E-state index is 0.00219. The first-order chi connectivity index (χ1) is 8.52. The van der Waals surface area contributed by atoms with Crippen LogP contribution in [0.5, 0.6) is 0 Å². The Morgan fingerprint density at radius 1 is 1.17 bits per heavy atom. The molecule has 1 N–H and O–H groups in total. The number of amides is 2. The first-order valence-corrected chi connectivity index (χ1v) is 6.57. The van der Waals surface area contributed by atoms with Gasteiger partial charge in [0.2, 0.25) is 11.8 Å². The van der Waals surface area contributed by atoms with Gasteiger partial charge < -0.3 is 5.11 Å². The van der Waals surface area contributed by atoms with Gasteiger partial charge in [0.05, 0.1) is 0 Å². The standard InChI is InChI=1S/C13H19NO4/c15-10-8-13(5-1-2-6-13)9-11(16)14(10)7-3-4-12(17)18/h1-9H2,(H,17,18). The van der Waals surface area contributed by atoms with Crippen molar-refractivity contribution in [3.63, 3.8) is 0 Å². The van der Waals surface area contributed by atoms with Gasteiger partial charge in [0.1, 0.15) is 0 Å². The van der Waals surface area contributed by atoms with Gasteiger partial charge in [0.15, 0.2) is 0 Å². The number of hydrogen-bond donors (Lipinski definition) is 1. The quantitative estimate of drug-likeness (QED) is 0.771. The van der Waals surface area contributed by atoms with E-state index in [1.165, 1.54) is 4.90 Å². The fourth-order valence-electron chi connectivity index (χ4n) is 3.15. The average molecular weight is 253 g/mol. The Hall–Kier alpha value is -1.39. The van der Waals surface area contributed by atoms with Crippen LogP contribution in [0.2, 0.25) is 0 Å². The predicted octanol–water partition coefficient (Wildman–Crippen LogP) is 1.56. The molecule has 5 heteroatoms. The number of aliphatic carboxylic acids is 1. The summed E-state index contributed by atoms with van der Waals surface area (Å²) in [5.41, 5.74) is -0.0720. The first kappa shape index (κ1) is 13.1. The van der Waals surface area contributed by atoms with Gasteiger partial charge in [-0.3, -0.25) is 19.3 Å². The van der Waals surface area contributed by atoms with E-state index in [4.69, 9.17) is 5.11 Å². The monoisotopic (exact) mass is 253 g/mol. The lowest BCUT2D eigenvalue weighted by Gasteiger charge is -2.37. The molecule has 100 valence electrons. The van der Waals surface area contributed by atoms with Crippen LogP contribution >= 0.6 is 0 Å². The highest BCUT2D eigenvalue weighted by atomic mass is 16.4. The zero-order valence-electron chi connectivity index (χ0n) is 10.5.